The Morgan fingerprint density at radius 1 is 0.309 bits per heavy atom. The normalized spacial score (nSPS) is 10.3. The third kappa shape index (κ3) is 24.5. The van der Waals surface area contributed by atoms with Crippen LogP contribution >= 0.6 is 55.1 Å². The second-order valence-electron chi connectivity index (χ2n) is 22.3. The van der Waals surface area contributed by atoms with E-state index in [0.29, 0.717) is 5.92 Å². The molecule has 0 bridgehead atoms. The standard InChI is InChI=1S/C23H26P.C20H18.2C19H17P.C4H9Br.BrH.2HPS.H2/c1-3-4-19-24(21-11-7-5-8-12-21,22-13-9-6-10-14-22)23-17-15-20(2)16-18-23;3*1-16-12-14-19(15-13-16)20(17-8-4-2-5-9-17)18-10-6-3-7-11-18;1-2-3-4-5;;2*1-2;/h5-18H,3-4,19H2,1-2H3;2-15,20H,1H3;2*2-15H,1H3;2-4H2,1H3;1H;2*1H;1H/q+1;;;;;;;;/p-1/i;;;;;;;;1+1. The summed E-state index contributed by atoms with van der Waals surface area (Å²) in [6, 6.07) is 123. The topological polar surface area (TPSA) is 0 Å². The molecule has 0 aliphatic carbocycles. The molecule has 0 aliphatic rings. The molecule has 0 unspecified atom stereocenters. The van der Waals surface area contributed by atoms with E-state index in [2.05, 4.69) is 437 Å². The second-order valence-corrected chi connectivity index (χ2v) is 31.1. The molecule has 0 heterocycles. The molecule has 0 aromatic heterocycles. The lowest BCUT2D eigenvalue weighted by Gasteiger charge is -2.27. The van der Waals surface area contributed by atoms with Crippen molar-refractivity contribution >= 4 is 126 Å². The lowest BCUT2D eigenvalue weighted by molar-refractivity contribution is -0.0000179. The molecule has 0 amide bonds. The predicted octanol–water partition coefficient (Wildman–Crippen LogP) is 18.4. The summed E-state index contributed by atoms with van der Waals surface area (Å²) in [5, 5.41) is 14.1. The summed E-state index contributed by atoms with van der Waals surface area (Å²) in [6.07, 6.45) is 6.32. The van der Waals surface area contributed by atoms with E-state index in [1.165, 1.54) is 119 Å². The van der Waals surface area contributed by atoms with Gasteiger partial charge < -0.3 is 17.0 Å². The highest BCUT2D eigenvalue weighted by Gasteiger charge is 2.44. The molecule has 0 saturated heterocycles. The molecule has 94 heavy (non-hydrogen) atoms. The average Bonchev–Trinajstić information content (AvgIpc) is 0.765. The number of aryl methyl sites for hydroxylation is 4. The maximum Gasteiger partial charge on any atom is 0.112 e. The molecule has 0 aliphatic heterocycles. The summed E-state index contributed by atoms with van der Waals surface area (Å²) < 4.78 is 0. The Hall–Kier alpha value is -6.07. The van der Waals surface area contributed by atoms with E-state index in [-0.39, 0.29) is 18.4 Å². The Labute approximate surface area is 603 Å². The van der Waals surface area contributed by atoms with Crippen molar-refractivity contribution in [3.63, 3.8) is 0 Å². The largest absolute Gasteiger partial charge is 1.00 e. The van der Waals surface area contributed by atoms with Gasteiger partial charge in [0, 0.05) is 12.7 Å². The Morgan fingerprint density at radius 2 is 0.532 bits per heavy atom. The van der Waals surface area contributed by atoms with Crippen LogP contribution in [0.3, 0.4) is 0 Å². The molecule has 482 valence electrons. The number of hydrogen-bond donors (Lipinski definition) is 0. The van der Waals surface area contributed by atoms with E-state index in [4.69, 9.17) is 0 Å². The zero-order valence-corrected chi connectivity index (χ0v) is 64.6. The molecule has 0 radical (unpaired) electrons. The van der Waals surface area contributed by atoms with Crippen LogP contribution in [0.5, 0.6) is 0 Å². The zero-order valence-electron chi connectivity index (χ0n) is 55.1. The van der Waals surface area contributed by atoms with Crippen LogP contribution in [-0.2, 0) is 23.6 Å². The number of hydrogen-bond acceptors (Lipinski definition) is 2. The number of halogens is 2. The Morgan fingerprint density at radius 3 is 0.798 bits per heavy atom. The van der Waals surface area contributed by atoms with E-state index in [9.17, 15) is 0 Å². The second kappa shape index (κ2) is 45.4. The molecule has 0 N–H and O–H groups in total. The first-order valence-corrected chi connectivity index (χ1v) is 40.9. The van der Waals surface area contributed by atoms with Gasteiger partial charge in [0.15, 0.2) is 0 Å². The van der Waals surface area contributed by atoms with Crippen LogP contribution in [0.1, 0.15) is 85.8 Å². The van der Waals surface area contributed by atoms with Crippen LogP contribution < -0.4 is 64.7 Å². The van der Waals surface area contributed by atoms with Crippen LogP contribution in [0.4, 0.5) is 0 Å². The summed E-state index contributed by atoms with van der Waals surface area (Å²) >= 11 is 11.1. The van der Waals surface area contributed by atoms with Crippen molar-refractivity contribution in [2.24, 2.45) is 0 Å². The quantitative estimate of drug-likeness (QED) is 0.0506. The van der Waals surface area contributed by atoms with Gasteiger partial charge >= 0.3 is 0 Å². The first-order valence-electron chi connectivity index (χ1n) is 31.9. The minimum absolute atomic E-state index is 0. The van der Waals surface area contributed by atoms with Crippen molar-refractivity contribution < 1.29 is 18.4 Å². The van der Waals surface area contributed by atoms with Crippen LogP contribution in [-0.4, -0.2) is 11.5 Å². The van der Waals surface area contributed by atoms with Gasteiger partial charge in [0.25, 0.3) is 0 Å². The Balaban J connectivity index is 0.000000257. The zero-order chi connectivity index (χ0) is 66.3. The average molecular weight is 1490 g/mol. The SMILES string of the molecule is CCCCBr.CCCC[P+](c1ccccc1)(c1ccccc1)c1ccc(C)cc1.Cc1ccc(C(c2ccccc2)c2ccccc2)cc1.Cc1ccc(P(c2ccccc2)c2ccccc2)cc1.Cc1ccc(P(c2ccccc2)c2ccccc2)cc1.P=S.P=S.[2HH].[Br-]. The lowest BCUT2D eigenvalue weighted by Crippen LogP contribution is -3.00. The maximum absolute atomic E-state index is 3.89. The van der Waals surface area contributed by atoms with E-state index in [1.807, 2.05) is 0 Å². The van der Waals surface area contributed by atoms with Crippen molar-refractivity contribution in [1.82, 2.24) is 0 Å². The van der Waals surface area contributed by atoms with Crippen molar-refractivity contribution in [3.05, 3.63) is 379 Å². The molecule has 9 heteroatoms. The third-order valence-corrected chi connectivity index (χ3v) is 25.5. The molecule has 0 spiro atoms. The van der Waals surface area contributed by atoms with E-state index in [0.717, 1.165) is 5.33 Å². The molecule has 0 atom stereocenters. The fourth-order valence-electron chi connectivity index (χ4n) is 10.7. The third-order valence-electron chi connectivity index (χ3n) is 15.5. The Kier molecular flexibility index (Phi) is 38.0. The minimum atomic E-state index is -1.59. The monoisotopic (exact) mass is 1490 g/mol. The fourth-order valence-corrected chi connectivity index (χ4v) is 20.4. The van der Waals surface area contributed by atoms with Gasteiger partial charge in [0.1, 0.15) is 23.2 Å². The number of benzene rings is 12. The predicted molar refractivity (Wildman–Crippen MR) is 437 cm³/mol. The number of alkyl halides is 1. The van der Waals surface area contributed by atoms with Gasteiger partial charge in [-0.2, -0.15) is 0 Å². The summed E-state index contributed by atoms with van der Waals surface area (Å²) in [5.74, 6) is 0.304. The molecule has 0 nitrogen and oxygen atoms in total. The fraction of sp³-hybridized carbons (Fsp3) is 0.153. The molecule has 12 aromatic carbocycles. The summed E-state index contributed by atoms with van der Waals surface area (Å²) in [6.45, 7) is 13.0. The highest BCUT2D eigenvalue weighted by molar-refractivity contribution is 9.09. The lowest BCUT2D eigenvalue weighted by atomic mass is 9.85. The van der Waals surface area contributed by atoms with Crippen LogP contribution in [0.15, 0.2) is 340 Å². The van der Waals surface area contributed by atoms with Crippen molar-refractivity contribution in [2.45, 2.75) is 73.1 Å². The van der Waals surface area contributed by atoms with Crippen LogP contribution in [0, 0.1) is 27.7 Å². The molecular formula is C85H91Br2P5S2. The first kappa shape index (κ1) is 78.6. The van der Waals surface area contributed by atoms with Crippen molar-refractivity contribution in [2.75, 3.05) is 11.5 Å². The van der Waals surface area contributed by atoms with Gasteiger partial charge in [-0.3, -0.25) is 0 Å². The summed E-state index contributed by atoms with van der Waals surface area (Å²) in [5.41, 5.74) is 9.26. The number of unbranched alkanes of at least 4 members (excludes halogenated alkanes) is 2. The van der Waals surface area contributed by atoms with E-state index in [1.54, 1.807) is 0 Å². The molecule has 12 aromatic rings. The summed E-state index contributed by atoms with van der Waals surface area (Å²) in [4.78, 5) is 0. The maximum atomic E-state index is 3.89. The smallest absolute Gasteiger partial charge is 0.112 e. The molecule has 0 fully saturated rings. The van der Waals surface area contributed by atoms with Crippen molar-refractivity contribution in [3.8, 4) is 0 Å². The Bertz CT molecular complexity index is 3410. The van der Waals surface area contributed by atoms with Gasteiger partial charge in [-0.15, -0.1) is 0 Å². The first-order chi connectivity index (χ1) is 45.7. The van der Waals surface area contributed by atoms with Crippen LogP contribution in [0.2, 0.25) is 0 Å². The van der Waals surface area contributed by atoms with Gasteiger partial charge in [0.05, 0.1) is 6.16 Å². The van der Waals surface area contributed by atoms with E-state index >= 15 is 0 Å². The van der Waals surface area contributed by atoms with Gasteiger partial charge in [-0.1, -0.05) is 392 Å². The van der Waals surface area contributed by atoms with Gasteiger partial charge in [0.2, 0.25) is 0 Å². The van der Waals surface area contributed by atoms with Gasteiger partial charge in [-0.05, 0) is 157 Å². The van der Waals surface area contributed by atoms with Crippen LogP contribution in [0.25, 0.3) is 0 Å². The van der Waals surface area contributed by atoms with E-state index < -0.39 is 23.1 Å². The molecule has 12 rings (SSSR count). The molecule has 0 saturated carbocycles. The highest BCUT2D eigenvalue weighted by atomic mass is 79.9. The highest BCUT2D eigenvalue weighted by Crippen LogP contribution is 2.56. The summed E-state index contributed by atoms with van der Waals surface area (Å²) in [7, 11) is 2.60. The molecular weight excluding hydrogens is 1400 g/mol. The van der Waals surface area contributed by atoms with Gasteiger partial charge in [-0.25, -0.2) is 0 Å². The minimum Gasteiger partial charge on any atom is -1.00 e. The number of rotatable bonds is 17. The van der Waals surface area contributed by atoms with Crippen molar-refractivity contribution in [1.29, 1.82) is 0 Å².